The first-order chi connectivity index (χ1) is 23.9. The van der Waals surface area contributed by atoms with Crippen molar-refractivity contribution in [2.24, 2.45) is 0 Å². The summed E-state index contributed by atoms with van der Waals surface area (Å²) >= 11 is 0. The van der Waals surface area contributed by atoms with Gasteiger partial charge in [0.1, 0.15) is 0 Å². The molecule has 0 N–H and O–H groups in total. The SMILES string of the molecule is [2H]c1c([2H])c([2H])c(-c2ccc(-n3c4ccccc4c4ccc5c6ccccc6n(-c6ccc(-c7ccccc7)cc6)c5c43)cc2)c([2H])c1[2H]. The summed E-state index contributed by atoms with van der Waals surface area (Å²) < 4.78 is 46.0. The minimum atomic E-state index is -0.394. The molecular formula is C42H28N2. The molecule has 9 rings (SSSR count). The quantitative estimate of drug-likeness (QED) is 0.201. The third kappa shape index (κ3) is 3.75. The lowest BCUT2D eigenvalue weighted by molar-refractivity contribution is 1.15. The van der Waals surface area contributed by atoms with Gasteiger partial charge in [0, 0.05) is 32.9 Å². The zero-order valence-electron chi connectivity index (χ0n) is 28.7. The Morgan fingerprint density at radius 3 is 1.30 bits per heavy atom. The Bertz CT molecular complexity index is 2710. The number of benzene rings is 7. The molecule has 0 bridgehead atoms. The van der Waals surface area contributed by atoms with Gasteiger partial charge >= 0.3 is 0 Å². The Balaban J connectivity index is 1.32. The maximum atomic E-state index is 8.51. The molecule has 2 aromatic heterocycles. The van der Waals surface area contributed by atoms with Crippen LogP contribution in [0.25, 0.3) is 77.2 Å². The maximum absolute atomic E-state index is 8.51. The van der Waals surface area contributed by atoms with Gasteiger partial charge in [0.15, 0.2) is 0 Å². The fraction of sp³-hybridized carbons (Fsp3) is 0. The fourth-order valence-corrected chi connectivity index (χ4v) is 6.64. The molecule has 2 heterocycles. The first-order valence-corrected chi connectivity index (χ1v) is 14.7. The molecule has 0 radical (unpaired) electrons. The second-order valence-corrected chi connectivity index (χ2v) is 11.0. The molecule has 0 spiro atoms. The van der Waals surface area contributed by atoms with Crippen molar-refractivity contribution in [2.75, 3.05) is 0 Å². The van der Waals surface area contributed by atoms with E-state index >= 15 is 0 Å². The van der Waals surface area contributed by atoms with E-state index in [0.29, 0.717) is 5.56 Å². The summed E-state index contributed by atoms with van der Waals surface area (Å²) in [5.74, 6) is 0. The highest BCUT2D eigenvalue weighted by atomic mass is 15.0. The lowest BCUT2D eigenvalue weighted by Crippen LogP contribution is -1.98. The number of hydrogen-bond acceptors (Lipinski definition) is 0. The number of nitrogens with zero attached hydrogens (tertiary/aromatic N) is 2. The lowest BCUT2D eigenvalue weighted by Gasteiger charge is -2.13. The average Bonchev–Trinajstić information content (AvgIpc) is 3.67. The van der Waals surface area contributed by atoms with Crippen LogP contribution >= 0.6 is 0 Å². The van der Waals surface area contributed by atoms with Crippen molar-refractivity contribution in [3.8, 4) is 33.6 Å². The topological polar surface area (TPSA) is 9.86 Å². The van der Waals surface area contributed by atoms with E-state index in [1.807, 2.05) is 36.4 Å². The van der Waals surface area contributed by atoms with Crippen LogP contribution in [0.15, 0.2) is 170 Å². The smallest absolute Gasteiger partial charge is 0.0788 e. The molecule has 0 unspecified atom stereocenters. The highest BCUT2D eigenvalue weighted by Gasteiger charge is 2.21. The predicted octanol–water partition coefficient (Wildman–Crippen LogP) is 11.2. The second kappa shape index (κ2) is 9.86. The molecule has 2 nitrogen and oxygen atoms in total. The third-order valence-corrected chi connectivity index (χ3v) is 8.62. The van der Waals surface area contributed by atoms with Crippen molar-refractivity contribution in [3.05, 3.63) is 170 Å². The predicted molar refractivity (Wildman–Crippen MR) is 186 cm³/mol. The van der Waals surface area contributed by atoms with Crippen LogP contribution in [-0.4, -0.2) is 9.13 Å². The van der Waals surface area contributed by atoms with Crippen LogP contribution in [0.5, 0.6) is 0 Å². The lowest BCUT2D eigenvalue weighted by atomic mass is 10.1. The molecule has 9 aromatic rings. The van der Waals surface area contributed by atoms with Gasteiger partial charge in [-0.15, -0.1) is 0 Å². The van der Waals surface area contributed by atoms with E-state index in [2.05, 4.69) is 112 Å². The van der Waals surface area contributed by atoms with Crippen molar-refractivity contribution in [1.82, 2.24) is 9.13 Å². The summed E-state index contributed by atoms with van der Waals surface area (Å²) in [5, 5.41) is 4.57. The van der Waals surface area contributed by atoms with E-state index in [1.165, 1.54) is 10.9 Å². The minimum Gasteiger partial charge on any atom is -0.307 e. The third-order valence-electron chi connectivity index (χ3n) is 8.62. The van der Waals surface area contributed by atoms with Crippen molar-refractivity contribution >= 4 is 43.6 Å². The number of hydrogen-bond donors (Lipinski definition) is 0. The van der Waals surface area contributed by atoms with Crippen LogP contribution in [-0.2, 0) is 0 Å². The number of para-hydroxylation sites is 2. The van der Waals surface area contributed by atoms with Crippen molar-refractivity contribution in [2.45, 2.75) is 0 Å². The summed E-state index contributed by atoms with van der Waals surface area (Å²) in [5.41, 5.74) is 9.39. The van der Waals surface area contributed by atoms with Gasteiger partial charge < -0.3 is 9.13 Å². The number of fused-ring (bicyclic) bond motifs is 7. The van der Waals surface area contributed by atoms with Gasteiger partial charge in [-0.25, -0.2) is 0 Å². The summed E-state index contributed by atoms with van der Waals surface area (Å²) in [6.45, 7) is 0. The first-order valence-electron chi connectivity index (χ1n) is 17.2. The zero-order valence-corrected chi connectivity index (χ0v) is 23.7. The zero-order chi connectivity index (χ0) is 33.4. The molecule has 0 aliphatic carbocycles. The van der Waals surface area contributed by atoms with Gasteiger partial charge in [-0.2, -0.15) is 0 Å². The van der Waals surface area contributed by atoms with Crippen LogP contribution in [0.4, 0.5) is 0 Å². The molecule has 0 aliphatic rings. The molecular weight excluding hydrogens is 532 g/mol. The van der Waals surface area contributed by atoms with Gasteiger partial charge in [-0.3, -0.25) is 0 Å². The molecule has 0 saturated heterocycles. The monoisotopic (exact) mass is 565 g/mol. The molecule has 2 heteroatoms. The molecule has 206 valence electrons. The van der Waals surface area contributed by atoms with Crippen LogP contribution < -0.4 is 0 Å². The Labute approximate surface area is 262 Å². The fourth-order valence-electron chi connectivity index (χ4n) is 6.64. The number of rotatable bonds is 4. The molecule has 0 atom stereocenters. The normalized spacial score (nSPS) is 13.2. The Hall–Kier alpha value is -5.86. The Morgan fingerprint density at radius 1 is 0.341 bits per heavy atom. The van der Waals surface area contributed by atoms with Crippen molar-refractivity contribution in [1.29, 1.82) is 0 Å². The van der Waals surface area contributed by atoms with E-state index in [-0.39, 0.29) is 29.7 Å². The van der Waals surface area contributed by atoms with Crippen molar-refractivity contribution in [3.63, 3.8) is 0 Å². The Morgan fingerprint density at radius 2 is 0.773 bits per heavy atom. The van der Waals surface area contributed by atoms with Crippen LogP contribution in [0, 0.1) is 0 Å². The number of aromatic nitrogens is 2. The van der Waals surface area contributed by atoms with E-state index in [4.69, 9.17) is 6.85 Å². The first kappa shape index (κ1) is 20.1. The summed E-state index contributed by atoms with van der Waals surface area (Å²) in [6, 6.07) is 46.7. The Kier molecular flexibility index (Phi) is 4.51. The standard InChI is InChI=1S/C42H28N2/c1-3-11-29(12-4-1)31-19-23-33(24-20-31)43-39-17-9-7-15-35(39)37-27-28-38-36-16-8-10-18-40(36)44(42(38)41(37)43)34-25-21-32(22-26-34)30-13-5-2-6-14-30/h1-28H/i1D,3D,4D,11D,12D. The summed E-state index contributed by atoms with van der Waals surface area (Å²) in [4.78, 5) is 0. The highest BCUT2D eigenvalue weighted by Crippen LogP contribution is 2.42. The second-order valence-electron chi connectivity index (χ2n) is 11.0. The molecule has 44 heavy (non-hydrogen) atoms. The molecule has 0 saturated carbocycles. The van der Waals surface area contributed by atoms with Gasteiger partial charge in [-0.1, -0.05) is 133 Å². The van der Waals surface area contributed by atoms with Gasteiger partial charge in [0.2, 0.25) is 0 Å². The molecule has 7 aromatic carbocycles. The van der Waals surface area contributed by atoms with E-state index in [9.17, 15) is 0 Å². The minimum absolute atomic E-state index is 0.196. The average molecular weight is 566 g/mol. The highest BCUT2D eigenvalue weighted by molar-refractivity contribution is 6.23. The molecule has 0 fully saturated rings. The van der Waals surface area contributed by atoms with Crippen LogP contribution in [0.1, 0.15) is 6.85 Å². The van der Waals surface area contributed by atoms with Gasteiger partial charge in [0.05, 0.1) is 28.9 Å². The van der Waals surface area contributed by atoms with E-state index in [1.54, 1.807) is 0 Å². The van der Waals surface area contributed by atoms with Gasteiger partial charge in [0.25, 0.3) is 0 Å². The van der Waals surface area contributed by atoms with E-state index < -0.39 is 6.04 Å². The van der Waals surface area contributed by atoms with Crippen LogP contribution in [0.3, 0.4) is 0 Å². The van der Waals surface area contributed by atoms with Crippen molar-refractivity contribution < 1.29 is 6.85 Å². The molecule has 0 aliphatic heterocycles. The van der Waals surface area contributed by atoms with Gasteiger partial charge in [-0.05, 0) is 58.7 Å². The van der Waals surface area contributed by atoms with E-state index in [0.717, 1.165) is 55.2 Å². The largest absolute Gasteiger partial charge is 0.307 e. The van der Waals surface area contributed by atoms with Crippen LogP contribution in [0.2, 0.25) is 0 Å². The summed E-state index contributed by atoms with van der Waals surface area (Å²) in [7, 11) is 0. The molecule has 0 amide bonds. The summed E-state index contributed by atoms with van der Waals surface area (Å²) in [6.07, 6.45) is 0. The maximum Gasteiger partial charge on any atom is 0.0788 e.